The van der Waals surface area contributed by atoms with Gasteiger partial charge in [-0.3, -0.25) is 0 Å². The number of nitrogens with zero attached hydrogens (tertiary/aromatic N) is 1. The van der Waals surface area contributed by atoms with Crippen LogP contribution < -0.4 is 10.6 Å². The predicted molar refractivity (Wildman–Crippen MR) is 76.5 cm³/mol. The average molecular weight is 252 g/mol. The lowest BCUT2D eigenvalue weighted by Crippen LogP contribution is -2.26. The zero-order chi connectivity index (χ0) is 13.7. The molecule has 0 radical (unpaired) electrons. The van der Waals surface area contributed by atoms with Crippen molar-refractivity contribution in [1.82, 2.24) is 0 Å². The summed E-state index contributed by atoms with van der Waals surface area (Å²) in [5, 5.41) is 0. The van der Waals surface area contributed by atoms with E-state index in [-0.39, 0.29) is 11.9 Å². The lowest BCUT2D eigenvalue weighted by molar-refractivity contribution is 0.611. The molecule has 0 aliphatic carbocycles. The number of aryl methyl sites for hydroxylation is 1. The molecule has 1 atom stereocenters. The van der Waals surface area contributed by atoms with Crippen molar-refractivity contribution >= 4 is 5.69 Å². The van der Waals surface area contributed by atoms with E-state index in [1.54, 1.807) is 13.0 Å². The highest BCUT2D eigenvalue weighted by Crippen LogP contribution is 2.28. The van der Waals surface area contributed by atoms with Gasteiger partial charge < -0.3 is 10.6 Å². The highest BCUT2D eigenvalue weighted by atomic mass is 19.1. The third kappa shape index (κ3) is 3.45. The maximum atomic E-state index is 13.7. The second-order valence-corrected chi connectivity index (χ2v) is 4.88. The number of hydrogen-bond acceptors (Lipinski definition) is 2. The van der Waals surface area contributed by atoms with Crippen LogP contribution in [0, 0.1) is 12.7 Å². The summed E-state index contributed by atoms with van der Waals surface area (Å²) in [7, 11) is 0. The monoisotopic (exact) mass is 252 g/mol. The first-order valence-corrected chi connectivity index (χ1v) is 6.81. The molecule has 0 bridgehead atoms. The minimum Gasteiger partial charge on any atom is -0.372 e. The van der Waals surface area contributed by atoms with Gasteiger partial charge in [-0.2, -0.15) is 0 Å². The standard InChI is InChI=1S/C15H25FN2/c1-5-7-8-18(6-2)15-9-11(3)14(16)10-13(15)12(4)17/h9-10,12H,5-8,17H2,1-4H3/t12-/m0/s1. The van der Waals surface area contributed by atoms with Gasteiger partial charge in [0.05, 0.1) is 0 Å². The Kier molecular flexibility index (Phi) is 5.60. The highest BCUT2D eigenvalue weighted by Gasteiger charge is 2.15. The van der Waals surface area contributed by atoms with Crippen molar-refractivity contribution in [1.29, 1.82) is 0 Å². The SMILES string of the molecule is CCCCN(CC)c1cc(C)c(F)cc1[C@H](C)N. The largest absolute Gasteiger partial charge is 0.372 e. The fourth-order valence-corrected chi connectivity index (χ4v) is 2.12. The molecule has 0 aliphatic rings. The average Bonchev–Trinajstić information content (AvgIpc) is 2.33. The van der Waals surface area contributed by atoms with Gasteiger partial charge in [-0.1, -0.05) is 13.3 Å². The molecule has 0 saturated carbocycles. The number of hydrogen-bond donors (Lipinski definition) is 1. The van der Waals surface area contributed by atoms with Crippen LogP contribution in [0.3, 0.4) is 0 Å². The number of halogens is 1. The Balaban J connectivity index is 3.14. The van der Waals surface area contributed by atoms with Gasteiger partial charge in [0, 0.05) is 24.8 Å². The van der Waals surface area contributed by atoms with Gasteiger partial charge in [-0.15, -0.1) is 0 Å². The Bertz CT molecular complexity index is 388. The van der Waals surface area contributed by atoms with Crippen molar-refractivity contribution in [3.8, 4) is 0 Å². The van der Waals surface area contributed by atoms with Crippen LogP contribution in [0.4, 0.5) is 10.1 Å². The molecule has 0 heterocycles. The lowest BCUT2D eigenvalue weighted by atomic mass is 10.0. The van der Waals surface area contributed by atoms with E-state index in [4.69, 9.17) is 5.73 Å². The highest BCUT2D eigenvalue weighted by molar-refractivity contribution is 5.57. The van der Waals surface area contributed by atoms with Gasteiger partial charge in [0.1, 0.15) is 5.82 Å². The molecule has 2 nitrogen and oxygen atoms in total. The molecule has 0 saturated heterocycles. The van der Waals surface area contributed by atoms with Crippen LogP contribution in [0.2, 0.25) is 0 Å². The van der Waals surface area contributed by atoms with Crippen LogP contribution in [-0.2, 0) is 0 Å². The Morgan fingerprint density at radius 1 is 1.33 bits per heavy atom. The number of rotatable bonds is 6. The molecule has 1 rings (SSSR count). The maximum absolute atomic E-state index is 13.7. The van der Waals surface area contributed by atoms with Gasteiger partial charge >= 0.3 is 0 Å². The van der Waals surface area contributed by atoms with E-state index < -0.39 is 0 Å². The summed E-state index contributed by atoms with van der Waals surface area (Å²) in [6, 6.07) is 3.36. The molecule has 0 aromatic heterocycles. The van der Waals surface area contributed by atoms with Crippen molar-refractivity contribution < 1.29 is 4.39 Å². The summed E-state index contributed by atoms with van der Waals surface area (Å²) >= 11 is 0. The van der Waals surface area contributed by atoms with Crippen molar-refractivity contribution in [2.24, 2.45) is 5.73 Å². The second-order valence-electron chi connectivity index (χ2n) is 4.88. The molecule has 0 aliphatic heterocycles. The third-order valence-electron chi connectivity index (χ3n) is 3.30. The molecule has 0 fully saturated rings. The smallest absolute Gasteiger partial charge is 0.126 e. The van der Waals surface area contributed by atoms with Crippen LogP contribution in [0.1, 0.15) is 50.8 Å². The lowest BCUT2D eigenvalue weighted by Gasteiger charge is -2.27. The normalized spacial score (nSPS) is 12.6. The van der Waals surface area contributed by atoms with E-state index in [1.807, 2.05) is 13.0 Å². The van der Waals surface area contributed by atoms with Crippen molar-refractivity contribution in [3.05, 3.63) is 29.1 Å². The van der Waals surface area contributed by atoms with E-state index in [2.05, 4.69) is 18.7 Å². The summed E-state index contributed by atoms with van der Waals surface area (Å²) in [6.07, 6.45) is 2.30. The molecule has 1 aromatic rings. The first kappa shape index (κ1) is 15.0. The molecule has 1 aromatic carbocycles. The van der Waals surface area contributed by atoms with E-state index in [1.165, 1.54) is 0 Å². The quantitative estimate of drug-likeness (QED) is 0.835. The summed E-state index contributed by atoms with van der Waals surface area (Å²) in [4.78, 5) is 2.29. The van der Waals surface area contributed by atoms with Gasteiger partial charge in [-0.05, 0) is 50.5 Å². The molecule has 18 heavy (non-hydrogen) atoms. The number of unbranched alkanes of at least 4 members (excludes halogenated alkanes) is 1. The Morgan fingerprint density at radius 3 is 2.50 bits per heavy atom. The Hall–Kier alpha value is -1.09. The van der Waals surface area contributed by atoms with Crippen LogP contribution in [0.15, 0.2) is 12.1 Å². The maximum Gasteiger partial charge on any atom is 0.126 e. The van der Waals surface area contributed by atoms with E-state index in [0.717, 1.165) is 37.2 Å². The van der Waals surface area contributed by atoms with E-state index >= 15 is 0 Å². The third-order valence-corrected chi connectivity index (χ3v) is 3.30. The van der Waals surface area contributed by atoms with Crippen molar-refractivity contribution in [2.45, 2.75) is 46.6 Å². The van der Waals surface area contributed by atoms with Crippen LogP contribution in [-0.4, -0.2) is 13.1 Å². The van der Waals surface area contributed by atoms with Gasteiger partial charge in [0.2, 0.25) is 0 Å². The summed E-state index contributed by atoms with van der Waals surface area (Å²) in [5.74, 6) is -0.169. The molecule has 3 heteroatoms. The summed E-state index contributed by atoms with van der Waals surface area (Å²) in [5.41, 5.74) is 8.63. The van der Waals surface area contributed by atoms with Crippen LogP contribution >= 0.6 is 0 Å². The molecule has 0 unspecified atom stereocenters. The fourth-order valence-electron chi connectivity index (χ4n) is 2.12. The first-order valence-electron chi connectivity index (χ1n) is 6.81. The van der Waals surface area contributed by atoms with Crippen LogP contribution in [0.5, 0.6) is 0 Å². The van der Waals surface area contributed by atoms with E-state index in [0.29, 0.717) is 5.56 Å². The molecule has 2 N–H and O–H groups in total. The number of anilines is 1. The Labute approximate surface area is 110 Å². The number of nitrogens with two attached hydrogens (primary N) is 1. The predicted octanol–water partition coefficient (Wildman–Crippen LogP) is 3.78. The van der Waals surface area contributed by atoms with Gasteiger partial charge in [-0.25, -0.2) is 4.39 Å². The number of benzene rings is 1. The molecular weight excluding hydrogens is 227 g/mol. The van der Waals surface area contributed by atoms with Crippen LogP contribution in [0.25, 0.3) is 0 Å². The first-order chi connectivity index (χ1) is 8.51. The Morgan fingerprint density at radius 2 is 2.00 bits per heavy atom. The van der Waals surface area contributed by atoms with Crippen molar-refractivity contribution in [2.75, 3.05) is 18.0 Å². The summed E-state index contributed by atoms with van der Waals surface area (Å²) < 4.78 is 13.7. The molecular formula is C15H25FN2. The minimum atomic E-state index is -0.169. The topological polar surface area (TPSA) is 29.3 Å². The molecule has 0 spiro atoms. The summed E-state index contributed by atoms with van der Waals surface area (Å²) in [6.45, 7) is 9.93. The van der Waals surface area contributed by atoms with E-state index in [9.17, 15) is 4.39 Å². The molecule has 0 amide bonds. The zero-order valence-corrected chi connectivity index (χ0v) is 12.0. The minimum absolute atomic E-state index is 0.147. The second kappa shape index (κ2) is 6.74. The molecule has 102 valence electrons. The van der Waals surface area contributed by atoms with Crippen molar-refractivity contribution in [3.63, 3.8) is 0 Å². The zero-order valence-electron chi connectivity index (χ0n) is 12.0. The van der Waals surface area contributed by atoms with Gasteiger partial charge in [0.15, 0.2) is 0 Å². The fraction of sp³-hybridized carbons (Fsp3) is 0.600. The van der Waals surface area contributed by atoms with Gasteiger partial charge in [0.25, 0.3) is 0 Å².